The molecule has 0 aliphatic heterocycles. The van der Waals surface area contributed by atoms with Crippen molar-refractivity contribution in [1.29, 1.82) is 0 Å². The van der Waals surface area contributed by atoms with Crippen LogP contribution in [0.25, 0.3) is 0 Å². The summed E-state index contributed by atoms with van der Waals surface area (Å²) >= 11 is 0. The Bertz CT molecular complexity index is 412. The van der Waals surface area contributed by atoms with Crippen LogP contribution in [0.2, 0.25) is 0 Å². The first-order chi connectivity index (χ1) is 7.91. The van der Waals surface area contributed by atoms with Gasteiger partial charge in [-0.1, -0.05) is 17.7 Å². The normalized spacial score (nSPS) is 11.9. The molecule has 3 N–H and O–H groups in total. The fourth-order valence-corrected chi connectivity index (χ4v) is 1.40. The molecule has 17 heavy (non-hydrogen) atoms. The van der Waals surface area contributed by atoms with Gasteiger partial charge in [0.25, 0.3) is 0 Å². The number of hydrogen-bond donors (Lipinski definition) is 2. The summed E-state index contributed by atoms with van der Waals surface area (Å²) in [6.45, 7) is 3.06. The third-order valence-corrected chi connectivity index (χ3v) is 2.29. The molecule has 1 rings (SSSR count). The molecule has 1 aromatic carbocycles. The van der Waals surface area contributed by atoms with Gasteiger partial charge < -0.3 is 10.8 Å². The third-order valence-electron chi connectivity index (χ3n) is 2.29. The molecule has 5 nitrogen and oxygen atoms in total. The zero-order chi connectivity index (χ0) is 13.0. The molecule has 0 aliphatic rings. The zero-order valence-corrected chi connectivity index (χ0v) is 9.88. The number of aryl methyl sites for hydroxylation is 1. The lowest BCUT2D eigenvalue weighted by atomic mass is 10.2. The summed E-state index contributed by atoms with van der Waals surface area (Å²) in [5.74, 6) is -1.48. The Kier molecular flexibility index (Phi) is 4.23. The van der Waals surface area contributed by atoms with Crippen LogP contribution in [0, 0.1) is 6.92 Å². The molecule has 0 fully saturated rings. The number of carbonyl (C=O) groups excluding carboxylic acids is 1. The molecule has 0 saturated heterocycles. The van der Waals surface area contributed by atoms with Crippen LogP contribution in [0.15, 0.2) is 24.3 Å². The van der Waals surface area contributed by atoms with Crippen molar-refractivity contribution in [3.05, 3.63) is 29.8 Å². The molecule has 1 amide bonds. The predicted molar refractivity (Wildman–Crippen MR) is 64.8 cm³/mol. The molecule has 92 valence electrons. The molecule has 0 radical (unpaired) electrons. The van der Waals surface area contributed by atoms with E-state index >= 15 is 0 Å². The van der Waals surface area contributed by atoms with Gasteiger partial charge in [0.05, 0.1) is 6.04 Å². The van der Waals surface area contributed by atoms with E-state index in [-0.39, 0.29) is 6.54 Å². The Morgan fingerprint density at radius 2 is 1.88 bits per heavy atom. The van der Waals surface area contributed by atoms with Crippen LogP contribution in [-0.2, 0) is 9.59 Å². The predicted octanol–water partition coefficient (Wildman–Crippen LogP) is 0.760. The number of carboxylic acid groups (broad SMARTS) is 1. The van der Waals surface area contributed by atoms with Crippen molar-refractivity contribution >= 4 is 17.6 Å². The van der Waals surface area contributed by atoms with Gasteiger partial charge in [-0.2, -0.15) is 0 Å². The molecular formula is C12H16N2O3. The van der Waals surface area contributed by atoms with Crippen molar-refractivity contribution in [3.8, 4) is 0 Å². The quantitative estimate of drug-likeness (QED) is 0.808. The lowest BCUT2D eigenvalue weighted by Crippen LogP contribution is -2.44. The summed E-state index contributed by atoms with van der Waals surface area (Å²) in [6, 6.07) is 6.32. The number of nitrogens with zero attached hydrogens (tertiary/aromatic N) is 1. The Hall–Kier alpha value is -1.88. The number of hydrogen-bond acceptors (Lipinski definition) is 3. The van der Waals surface area contributed by atoms with Gasteiger partial charge in [-0.3, -0.25) is 14.5 Å². The highest BCUT2D eigenvalue weighted by molar-refractivity contribution is 6.00. The average Bonchev–Trinajstić information content (AvgIpc) is 2.26. The van der Waals surface area contributed by atoms with Crippen molar-refractivity contribution < 1.29 is 14.7 Å². The van der Waals surface area contributed by atoms with Crippen molar-refractivity contribution in [2.75, 3.05) is 11.4 Å². The number of anilines is 1. The maximum atomic E-state index is 11.8. The maximum absolute atomic E-state index is 11.8. The van der Waals surface area contributed by atoms with Gasteiger partial charge in [0.15, 0.2) is 0 Å². The van der Waals surface area contributed by atoms with Gasteiger partial charge in [0, 0.05) is 5.69 Å². The summed E-state index contributed by atoms with van der Waals surface area (Å²) in [5, 5.41) is 8.80. The third kappa shape index (κ3) is 3.57. The molecule has 0 aromatic heterocycles. The second kappa shape index (κ2) is 5.45. The number of aliphatic carboxylic acids is 1. The number of rotatable bonds is 4. The monoisotopic (exact) mass is 236 g/mol. The summed E-state index contributed by atoms with van der Waals surface area (Å²) in [7, 11) is 0. The second-order valence-electron chi connectivity index (χ2n) is 3.94. The van der Waals surface area contributed by atoms with Gasteiger partial charge in [0.1, 0.15) is 6.54 Å². The zero-order valence-electron chi connectivity index (χ0n) is 9.88. The molecule has 1 atom stereocenters. The maximum Gasteiger partial charge on any atom is 0.323 e. The first-order valence-electron chi connectivity index (χ1n) is 5.27. The Morgan fingerprint density at radius 3 is 2.29 bits per heavy atom. The minimum absolute atomic E-state index is 0.385. The molecule has 0 spiro atoms. The molecular weight excluding hydrogens is 220 g/mol. The van der Waals surface area contributed by atoms with E-state index < -0.39 is 17.9 Å². The SMILES string of the molecule is Cc1ccc(N(CC(=O)O)C(=O)C(C)N)cc1. The summed E-state index contributed by atoms with van der Waals surface area (Å²) in [4.78, 5) is 23.7. The lowest BCUT2D eigenvalue weighted by Gasteiger charge is -2.22. The molecule has 5 heteroatoms. The first kappa shape index (κ1) is 13.2. The van der Waals surface area contributed by atoms with E-state index in [1.54, 1.807) is 12.1 Å². The van der Waals surface area contributed by atoms with Gasteiger partial charge in [0.2, 0.25) is 5.91 Å². The van der Waals surface area contributed by atoms with E-state index in [4.69, 9.17) is 10.8 Å². The highest BCUT2D eigenvalue weighted by Crippen LogP contribution is 2.15. The van der Waals surface area contributed by atoms with Gasteiger partial charge >= 0.3 is 5.97 Å². The van der Waals surface area contributed by atoms with E-state index in [2.05, 4.69) is 0 Å². The van der Waals surface area contributed by atoms with Crippen molar-refractivity contribution in [2.45, 2.75) is 19.9 Å². The molecule has 1 unspecified atom stereocenters. The molecule has 0 heterocycles. The van der Waals surface area contributed by atoms with Crippen LogP contribution in [0.1, 0.15) is 12.5 Å². The Balaban J connectivity index is 3.01. The van der Waals surface area contributed by atoms with E-state index in [1.807, 2.05) is 19.1 Å². The first-order valence-corrected chi connectivity index (χ1v) is 5.27. The van der Waals surface area contributed by atoms with Crippen LogP contribution in [0.4, 0.5) is 5.69 Å². The van der Waals surface area contributed by atoms with E-state index in [1.165, 1.54) is 11.8 Å². The summed E-state index contributed by atoms with van der Waals surface area (Å²) in [6.07, 6.45) is 0. The number of carboxylic acids is 1. The molecule has 0 saturated carbocycles. The number of carbonyl (C=O) groups is 2. The van der Waals surface area contributed by atoms with E-state index in [9.17, 15) is 9.59 Å². The number of benzene rings is 1. The lowest BCUT2D eigenvalue weighted by molar-refractivity contribution is -0.136. The average molecular weight is 236 g/mol. The summed E-state index contributed by atoms with van der Waals surface area (Å²) in [5.41, 5.74) is 7.08. The van der Waals surface area contributed by atoms with Crippen LogP contribution in [-0.4, -0.2) is 29.6 Å². The van der Waals surface area contributed by atoms with Crippen LogP contribution < -0.4 is 10.6 Å². The van der Waals surface area contributed by atoms with E-state index in [0.29, 0.717) is 5.69 Å². The number of amides is 1. The van der Waals surface area contributed by atoms with Crippen molar-refractivity contribution in [1.82, 2.24) is 0 Å². The van der Waals surface area contributed by atoms with Crippen LogP contribution >= 0.6 is 0 Å². The van der Waals surface area contributed by atoms with Gasteiger partial charge in [-0.15, -0.1) is 0 Å². The van der Waals surface area contributed by atoms with Crippen LogP contribution in [0.3, 0.4) is 0 Å². The molecule has 1 aromatic rings. The highest BCUT2D eigenvalue weighted by atomic mass is 16.4. The minimum atomic E-state index is -1.07. The highest BCUT2D eigenvalue weighted by Gasteiger charge is 2.21. The largest absolute Gasteiger partial charge is 0.480 e. The van der Waals surface area contributed by atoms with E-state index in [0.717, 1.165) is 5.56 Å². The minimum Gasteiger partial charge on any atom is -0.480 e. The van der Waals surface area contributed by atoms with Gasteiger partial charge in [-0.25, -0.2) is 0 Å². The fraction of sp³-hybridized carbons (Fsp3) is 0.333. The molecule has 0 bridgehead atoms. The topological polar surface area (TPSA) is 83.6 Å². The van der Waals surface area contributed by atoms with Crippen molar-refractivity contribution in [2.24, 2.45) is 5.73 Å². The van der Waals surface area contributed by atoms with Gasteiger partial charge in [-0.05, 0) is 26.0 Å². The Labute approximate surface area is 99.8 Å². The standard InChI is InChI=1S/C12H16N2O3/c1-8-3-5-10(6-4-8)14(7-11(15)16)12(17)9(2)13/h3-6,9H,7,13H2,1-2H3,(H,15,16). The Morgan fingerprint density at radius 1 is 1.35 bits per heavy atom. The number of nitrogens with two attached hydrogens (primary N) is 1. The van der Waals surface area contributed by atoms with Crippen molar-refractivity contribution in [3.63, 3.8) is 0 Å². The second-order valence-corrected chi connectivity index (χ2v) is 3.94. The fourth-order valence-electron chi connectivity index (χ4n) is 1.40. The summed E-state index contributed by atoms with van der Waals surface area (Å²) < 4.78 is 0. The molecule has 0 aliphatic carbocycles. The van der Waals surface area contributed by atoms with Crippen LogP contribution in [0.5, 0.6) is 0 Å². The smallest absolute Gasteiger partial charge is 0.323 e.